The van der Waals surface area contributed by atoms with Gasteiger partial charge in [-0.1, -0.05) is 6.07 Å². The van der Waals surface area contributed by atoms with Crippen molar-refractivity contribution in [3.8, 4) is 0 Å². The number of nitrogens with one attached hydrogen (secondary N) is 2. The summed E-state index contributed by atoms with van der Waals surface area (Å²) in [5.41, 5.74) is 1.48. The first-order valence-electron chi connectivity index (χ1n) is 4.42. The Balaban J connectivity index is 2.02. The van der Waals surface area contributed by atoms with E-state index in [2.05, 4.69) is 15.5 Å². The van der Waals surface area contributed by atoms with E-state index in [4.69, 9.17) is 0 Å². The van der Waals surface area contributed by atoms with Crippen molar-refractivity contribution in [2.75, 3.05) is 5.32 Å². The smallest absolute Gasteiger partial charge is 0.159 e. The fraction of sp³-hybridized carbons (Fsp3) is 0.100. The second kappa shape index (κ2) is 4.08. The van der Waals surface area contributed by atoms with Gasteiger partial charge in [-0.05, 0) is 17.7 Å². The molecule has 3 nitrogen and oxygen atoms in total. The molecule has 0 spiro atoms. The average molecular weight is 209 g/mol. The molecule has 1 aromatic heterocycles. The Morgan fingerprint density at radius 2 is 2.13 bits per heavy atom. The van der Waals surface area contributed by atoms with Gasteiger partial charge in [0.05, 0.1) is 11.9 Å². The molecular weight excluding hydrogens is 200 g/mol. The summed E-state index contributed by atoms with van der Waals surface area (Å²) < 4.78 is 25.4. The topological polar surface area (TPSA) is 40.7 Å². The third kappa shape index (κ3) is 2.31. The van der Waals surface area contributed by atoms with Crippen LogP contribution in [0.5, 0.6) is 0 Å². The molecule has 0 radical (unpaired) electrons. The van der Waals surface area contributed by atoms with Crippen LogP contribution >= 0.6 is 0 Å². The lowest BCUT2D eigenvalue weighted by atomic mass is 10.2. The molecule has 78 valence electrons. The Labute approximate surface area is 85.1 Å². The quantitative estimate of drug-likeness (QED) is 0.814. The maximum atomic E-state index is 12.8. The summed E-state index contributed by atoms with van der Waals surface area (Å²) in [7, 11) is 0. The lowest BCUT2D eigenvalue weighted by molar-refractivity contribution is 0.507. The highest BCUT2D eigenvalue weighted by Gasteiger charge is 2.02. The number of aromatic nitrogens is 2. The number of rotatable bonds is 3. The Morgan fingerprint density at radius 3 is 2.80 bits per heavy atom. The van der Waals surface area contributed by atoms with Crippen LogP contribution in [0.2, 0.25) is 0 Å². The van der Waals surface area contributed by atoms with E-state index in [1.165, 1.54) is 12.1 Å². The zero-order chi connectivity index (χ0) is 10.7. The van der Waals surface area contributed by atoms with E-state index >= 15 is 0 Å². The number of H-pyrrole nitrogens is 1. The maximum Gasteiger partial charge on any atom is 0.159 e. The highest BCUT2D eigenvalue weighted by Crippen LogP contribution is 2.10. The zero-order valence-corrected chi connectivity index (χ0v) is 7.80. The molecule has 0 atom stereocenters. The molecule has 5 heteroatoms. The first kappa shape index (κ1) is 9.64. The predicted molar refractivity (Wildman–Crippen MR) is 52.3 cm³/mol. The van der Waals surface area contributed by atoms with Gasteiger partial charge in [-0.3, -0.25) is 5.10 Å². The number of aromatic amines is 1. The van der Waals surface area contributed by atoms with Crippen LogP contribution in [0.25, 0.3) is 0 Å². The highest BCUT2D eigenvalue weighted by atomic mass is 19.2. The molecule has 0 amide bonds. The summed E-state index contributed by atoms with van der Waals surface area (Å²) in [5.74, 6) is -1.66. The first-order valence-corrected chi connectivity index (χ1v) is 4.42. The van der Waals surface area contributed by atoms with Crippen LogP contribution in [0.15, 0.2) is 30.6 Å². The van der Waals surface area contributed by atoms with Crippen molar-refractivity contribution in [1.29, 1.82) is 0 Å². The van der Waals surface area contributed by atoms with E-state index < -0.39 is 11.6 Å². The molecule has 0 fully saturated rings. The van der Waals surface area contributed by atoms with Gasteiger partial charge in [0.15, 0.2) is 11.6 Å². The van der Waals surface area contributed by atoms with Crippen molar-refractivity contribution in [2.24, 2.45) is 0 Å². The van der Waals surface area contributed by atoms with E-state index in [1.807, 2.05) is 0 Å². The highest BCUT2D eigenvalue weighted by molar-refractivity contribution is 5.38. The van der Waals surface area contributed by atoms with Gasteiger partial charge in [-0.2, -0.15) is 5.10 Å². The molecule has 1 heterocycles. The van der Waals surface area contributed by atoms with Crippen molar-refractivity contribution < 1.29 is 8.78 Å². The number of halogens is 2. The fourth-order valence-corrected chi connectivity index (χ4v) is 1.20. The first-order chi connectivity index (χ1) is 7.25. The van der Waals surface area contributed by atoms with Crippen LogP contribution in [-0.4, -0.2) is 10.2 Å². The van der Waals surface area contributed by atoms with E-state index in [1.54, 1.807) is 12.4 Å². The van der Waals surface area contributed by atoms with Crippen LogP contribution in [0.4, 0.5) is 14.5 Å². The van der Waals surface area contributed by atoms with Crippen LogP contribution in [0.1, 0.15) is 5.56 Å². The summed E-state index contributed by atoms with van der Waals surface area (Å²) in [5, 5.41) is 9.39. The second-order valence-corrected chi connectivity index (χ2v) is 3.09. The Kier molecular flexibility index (Phi) is 2.62. The van der Waals surface area contributed by atoms with Crippen molar-refractivity contribution in [3.63, 3.8) is 0 Å². The molecule has 0 unspecified atom stereocenters. The minimum atomic E-state index is -0.832. The van der Waals surface area contributed by atoms with Gasteiger partial charge >= 0.3 is 0 Å². The third-order valence-corrected chi connectivity index (χ3v) is 1.98. The molecule has 2 N–H and O–H groups in total. The Hall–Kier alpha value is -1.91. The van der Waals surface area contributed by atoms with Gasteiger partial charge in [0, 0.05) is 12.7 Å². The van der Waals surface area contributed by atoms with Crippen molar-refractivity contribution >= 4 is 5.69 Å². The summed E-state index contributed by atoms with van der Waals surface area (Å²) in [6.45, 7) is 0.427. The fourth-order valence-electron chi connectivity index (χ4n) is 1.20. The van der Waals surface area contributed by atoms with Gasteiger partial charge in [0.25, 0.3) is 0 Å². The molecule has 0 saturated carbocycles. The van der Waals surface area contributed by atoms with Gasteiger partial charge in [0.1, 0.15) is 0 Å². The van der Waals surface area contributed by atoms with Gasteiger partial charge in [0.2, 0.25) is 0 Å². The van der Waals surface area contributed by atoms with Crippen LogP contribution < -0.4 is 5.32 Å². The van der Waals surface area contributed by atoms with Crippen LogP contribution in [0.3, 0.4) is 0 Å². The largest absolute Gasteiger partial charge is 0.378 e. The molecule has 15 heavy (non-hydrogen) atoms. The van der Waals surface area contributed by atoms with Crippen molar-refractivity contribution in [1.82, 2.24) is 10.2 Å². The minimum Gasteiger partial charge on any atom is -0.378 e. The zero-order valence-electron chi connectivity index (χ0n) is 7.80. The van der Waals surface area contributed by atoms with E-state index in [0.717, 1.165) is 11.8 Å². The lowest BCUT2D eigenvalue weighted by Crippen LogP contribution is -1.99. The molecule has 0 bridgehead atoms. The molecule has 0 aliphatic rings. The van der Waals surface area contributed by atoms with Crippen molar-refractivity contribution in [3.05, 3.63) is 47.8 Å². The van der Waals surface area contributed by atoms with E-state index in [9.17, 15) is 8.78 Å². The summed E-state index contributed by atoms with van der Waals surface area (Å²) in [6, 6.07) is 3.82. The summed E-state index contributed by atoms with van der Waals surface area (Å²) in [6.07, 6.45) is 3.29. The number of nitrogens with zero attached hydrogens (tertiary/aromatic N) is 1. The molecule has 0 aliphatic carbocycles. The number of anilines is 1. The Bertz CT molecular complexity index is 440. The van der Waals surface area contributed by atoms with Gasteiger partial charge < -0.3 is 5.32 Å². The maximum absolute atomic E-state index is 12.8. The molecule has 0 aliphatic heterocycles. The molecule has 2 rings (SSSR count). The molecular formula is C10H9F2N3. The third-order valence-electron chi connectivity index (χ3n) is 1.98. The Morgan fingerprint density at radius 1 is 1.27 bits per heavy atom. The van der Waals surface area contributed by atoms with Crippen LogP contribution in [0, 0.1) is 11.6 Å². The molecule has 1 aromatic carbocycles. The number of hydrogen-bond donors (Lipinski definition) is 2. The number of hydrogen-bond acceptors (Lipinski definition) is 2. The minimum absolute atomic E-state index is 0.427. The monoisotopic (exact) mass is 209 g/mol. The predicted octanol–water partition coefficient (Wildman–Crippen LogP) is 2.30. The van der Waals surface area contributed by atoms with Crippen LogP contribution in [-0.2, 0) is 6.54 Å². The van der Waals surface area contributed by atoms with Gasteiger partial charge in [-0.25, -0.2) is 8.78 Å². The number of benzene rings is 1. The average Bonchev–Trinajstić information content (AvgIpc) is 2.73. The lowest BCUT2D eigenvalue weighted by Gasteiger charge is -2.03. The van der Waals surface area contributed by atoms with E-state index in [-0.39, 0.29) is 0 Å². The van der Waals surface area contributed by atoms with Gasteiger partial charge in [-0.15, -0.1) is 0 Å². The van der Waals surface area contributed by atoms with E-state index in [0.29, 0.717) is 12.1 Å². The molecule has 2 aromatic rings. The normalized spacial score (nSPS) is 10.3. The summed E-state index contributed by atoms with van der Waals surface area (Å²) in [4.78, 5) is 0. The molecule has 0 saturated heterocycles. The SMILES string of the molecule is Fc1ccc(CNc2cn[nH]c2)cc1F. The van der Waals surface area contributed by atoms with Crippen molar-refractivity contribution in [2.45, 2.75) is 6.54 Å². The second-order valence-electron chi connectivity index (χ2n) is 3.09. The summed E-state index contributed by atoms with van der Waals surface area (Å²) >= 11 is 0. The standard InChI is InChI=1S/C10H9F2N3/c11-9-2-1-7(3-10(9)12)4-13-8-5-14-15-6-8/h1-3,5-6,13H,4H2,(H,14,15).